The standard InChI is InChI=1S/C13H14ClFN2O3/c1-13(11(18)19)5-6-17(7-13)12(20)16-9-4-2-3-8(15)10(9)14/h2-4H,5-7H2,1H3,(H,16,20)(H,18,19). The molecule has 2 rings (SSSR count). The van der Waals surface area contributed by atoms with E-state index in [1.807, 2.05) is 0 Å². The Balaban J connectivity index is 2.07. The van der Waals surface area contributed by atoms with Crippen molar-refractivity contribution in [3.8, 4) is 0 Å². The van der Waals surface area contributed by atoms with Gasteiger partial charge in [-0.3, -0.25) is 4.79 Å². The van der Waals surface area contributed by atoms with Crippen LogP contribution < -0.4 is 5.32 Å². The van der Waals surface area contributed by atoms with Crippen LogP contribution in [0.3, 0.4) is 0 Å². The monoisotopic (exact) mass is 300 g/mol. The van der Waals surface area contributed by atoms with E-state index in [4.69, 9.17) is 16.7 Å². The van der Waals surface area contributed by atoms with Gasteiger partial charge in [0, 0.05) is 13.1 Å². The van der Waals surface area contributed by atoms with Crippen molar-refractivity contribution in [3.05, 3.63) is 29.0 Å². The lowest BCUT2D eigenvalue weighted by atomic mass is 9.90. The van der Waals surface area contributed by atoms with Crippen LogP contribution in [0, 0.1) is 11.2 Å². The largest absolute Gasteiger partial charge is 0.481 e. The number of anilines is 1. The Hall–Kier alpha value is -1.82. The molecule has 0 saturated carbocycles. The van der Waals surface area contributed by atoms with Crippen LogP contribution >= 0.6 is 11.6 Å². The average molecular weight is 301 g/mol. The average Bonchev–Trinajstić information content (AvgIpc) is 2.79. The van der Waals surface area contributed by atoms with Gasteiger partial charge in [0.05, 0.1) is 16.1 Å². The predicted octanol–water partition coefficient (Wildman–Crippen LogP) is 2.81. The first-order valence-corrected chi connectivity index (χ1v) is 6.44. The Morgan fingerprint density at radius 3 is 2.80 bits per heavy atom. The van der Waals surface area contributed by atoms with Gasteiger partial charge in [0.2, 0.25) is 0 Å². The lowest BCUT2D eigenvalue weighted by molar-refractivity contribution is -0.146. The van der Waals surface area contributed by atoms with Gasteiger partial charge in [-0.1, -0.05) is 17.7 Å². The lowest BCUT2D eigenvalue weighted by Crippen LogP contribution is -2.37. The van der Waals surface area contributed by atoms with Gasteiger partial charge in [0.1, 0.15) is 5.82 Å². The number of nitrogens with zero attached hydrogens (tertiary/aromatic N) is 1. The maximum atomic E-state index is 13.3. The number of halogens is 2. The maximum Gasteiger partial charge on any atom is 0.321 e. The van der Waals surface area contributed by atoms with Crippen LogP contribution in [0.1, 0.15) is 13.3 Å². The van der Waals surface area contributed by atoms with E-state index in [2.05, 4.69) is 5.32 Å². The Morgan fingerprint density at radius 1 is 1.50 bits per heavy atom. The van der Waals surface area contributed by atoms with E-state index in [1.54, 1.807) is 6.92 Å². The number of nitrogens with one attached hydrogen (secondary N) is 1. The zero-order chi connectivity index (χ0) is 14.9. The molecule has 7 heteroatoms. The molecule has 1 fully saturated rings. The number of benzene rings is 1. The van der Waals surface area contributed by atoms with Gasteiger partial charge in [-0.05, 0) is 25.5 Å². The summed E-state index contributed by atoms with van der Waals surface area (Å²) in [4.78, 5) is 24.5. The summed E-state index contributed by atoms with van der Waals surface area (Å²) < 4.78 is 13.3. The van der Waals surface area contributed by atoms with E-state index in [0.29, 0.717) is 13.0 Å². The van der Waals surface area contributed by atoms with Gasteiger partial charge in [-0.2, -0.15) is 0 Å². The first kappa shape index (κ1) is 14.6. The molecule has 20 heavy (non-hydrogen) atoms. The Labute approximate surface area is 120 Å². The highest BCUT2D eigenvalue weighted by Crippen LogP contribution is 2.31. The molecule has 1 aliphatic heterocycles. The van der Waals surface area contributed by atoms with Crippen molar-refractivity contribution in [3.63, 3.8) is 0 Å². The SMILES string of the molecule is CC1(C(=O)O)CCN(C(=O)Nc2cccc(F)c2Cl)C1. The molecule has 1 aromatic rings. The fourth-order valence-electron chi connectivity index (χ4n) is 2.10. The topological polar surface area (TPSA) is 69.6 Å². The molecule has 0 aromatic heterocycles. The van der Waals surface area contributed by atoms with E-state index in [-0.39, 0.29) is 17.3 Å². The van der Waals surface area contributed by atoms with Crippen LogP contribution in [0.4, 0.5) is 14.9 Å². The van der Waals surface area contributed by atoms with Crippen LogP contribution in [0.2, 0.25) is 5.02 Å². The molecule has 1 saturated heterocycles. The van der Waals surface area contributed by atoms with Gasteiger partial charge in [0.15, 0.2) is 0 Å². The smallest absolute Gasteiger partial charge is 0.321 e. The number of carboxylic acid groups (broad SMARTS) is 1. The fraction of sp³-hybridized carbons (Fsp3) is 0.385. The zero-order valence-electron chi connectivity index (χ0n) is 10.8. The molecule has 1 aromatic carbocycles. The minimum atomic E-state index is -0.941. The number of amides is 2. The second-order valence-electron chi connectivity index (χ2n) is 5.07. The van der Waals surface area contributed by atoms with Gasteiger partial charge in [0.25, 0.3) is 0 Å². The molecule has 1 unspecified atom stereocenters. The molecule has 2 N–H and O–H groups in total. The summed E-state index contributed by atoms with van der Waals surface area (Å²) in [6, 6.07) is 3.62. The van der Waals surface area contributed by atoms with Crippen molar-refractivity contribution >= 4 is 29.3 Å². The first-order valence-electron chi connectivity index (χ1n) is 6.07. The molecule has 0 spiro atoms. The minimum Gasteiger partial charge on any atom is -0.481 e. The van der Waals surface area contributed by atoms with Crippen molar-refractivity contribution < 1.29 is 19.1 Å². The van der Waals surface area contributed by atoms with Crippen molar-refractivity contribution in [2.75, 3.05) is 18.4 Å². The zero-order valence-corrected chi connectivity index (χ0v) is 11.6. The summed E-state index contributed by atoms with van der Waals surface area (Å²) in [7, 11) is 0. The molecule has 1 atom stereocenters. The number of carbonyl (C=O) groups is 2. The summed E-state index contributed by atoms with van der Waals surface area (Å²) in [5, 5.41) is 11.4. The Bertz CT molecular complexity index is 567. The van der Waals surface area contributed by atoms with Gasteiger partial charge < -0.3 is 15.3 Å². The third-order valence-electron chi connectivity index (χ3n) is 3.47. The van der Waals surface area contributed by atoms with E-state index < -0.39 is 23.2 Å². The molecule has 1 heterocycles. The van der Waals surface area contributed by atoms with Crippen LogP contribution in [-0.2, 0) is 4.79 Å². The molecule has 0 bridgehead atoms. The van der Waals surface area contributed by atoms with E-state index in [0.717, 1.165) is 0 Å². The Morgan fingerprint density at radius 2 is 2.20 bits per heavy atom. The van der Waals surface area contributed by atoms with Gasteiger partial charge >= 0.3 is 12.0 Å². The summed E-state index contributed by atoms with van der Waals surface area (Å²) >= 11 is 5.75. The molecule has 108 valence electrons. The van der Waals surface area contributed by atoms with Gasteiger partial charge in [-0.15, -0.1) is 0 Å². The van der Waals surface area contributed by atoms with E-state index >= 15 is 0 Å². The number of hydrogen-bond donors (Lipinski definition) is 2. The highest BCUT2D eigenvalue weighted by molar-refractivity contribution is 6.33. The molecular formula is C13H14ClFN2O3. The summed E-state index contributed by atoms with van der Waals surface area (Å²) in [6.07, 6.45) is 0.382. The van der Waals surface area contributed by atoms with E-state index in [1.165, 1.54) is 23.1 Å². The molecule has 5 nitrogen and oxygen atoms in total. The number of carbonyl (C=O) groups excluding carboxylic acids is 1. The van der Waals surface area contributed by atoms with Gasteiger partial charge in [-0.25, -0.2) is 9.18 Å². The normalized spacial score (nSPS) is 21.9. The van der Waals surface area contributed by atoms with E-state index in [9.17, 15) is 14.0 Å². The quantitative estimate of drug-likeness (QED) is 0.882. The third-order valence-corrected chi connectivity index (χ3v) is 3.85. The predicted molar refractivity (Wildman–Crippen MR) is 72.4 cm³/mol. The molecular weight excluding hydrogens is 287 g/mol. The third kappa shape index (κ3) is 2.70. The maximum absolute atomic E-state index is 13.3. The van der Waals surface area contributed by atoms with Crippen molar-refractivity contribution in [2.24, 2.45) is 5.41 Å². The molecule has 0 aliphatic carbocycles. The first-order chi connectivity index (χ1) is 9.33. The summed E-state index contributed by atoms with van der Waals surface area (Å²) in [5.74, 6) is -1.56. The van der Waals surface area contributed by atoms with Crippen LogP contribution in [-0.4, -0.2) is 35.1 Å². The van der Waals surface area contributed by atoms with Crippen molar-refractivity contribution in [1.29, 1.82) is 0 Å². The van der Waals surface area contributed by atoms with Crippen LogP contribution in [0.25, 0.3) is 0 Å². The van der Waals surface area contributed by atoms with Crippen molar-refractivity contribution in [2.45, 2.75) is 13.3 Å². The number of aliphatic carboxylic acids is 1. The molecule has 2 amide bonds. The second kappa shape index (κ2) is 5.28. The number of rotatable bonds is 2. The number of urea groups is 1. The highest BCUT2D eigenvalue weighted by Gasteiger charge is 2.42. The Kier molecular flexibility index (Phi) is 3.85. The fourth-order valence-corrected chi connectivity index (χ4v) is 2.28. The molecule has 0 radical (unpaired) electrons. The van der Waals surface area contributed by atoms with Crippen LogP contribution in [0.15, 0.2) is 18.2 Å². The summed E-state index contributed by atoms with van der Waals surface area (Å²) in [5.41, 5.74) is -0.774. The minimum absolute atomic E-state index is 0.112. The highest BCUT2D eigenvalue weighted by atomic mass is 35.5. The lowest BCUT2D eigenvalue weighted by Gasteiger charge is -2.20. The molecule has 1 aliphatic rings. The number of likely N-dealkylation sites (tertiary alicyclic amines) is 1. The number of carboxylic acids is 1. The van der Waals surface area contributed by atoms with Crippen molar-refractivity contribution in [1.82, 2.24) is 4.90 Å². The summed E-state index contributed by atoms with van der Waals surface area (Å²) in [6.45, 7) is 2.04. The number of hydrogen-bond acceptors (Lipinski definition) is 2. The second-order valence-corrected chi connectivity index (χ2v) is 5.45. The van der Waals surface area contributed by atoms with Crippen LogP contribution in [0.5, 0.6) is 0 Å².